The summed E-state index contributed by atoms with van der Waals surface area (Å²) in [4.78, 5) is 0. The van der Waals surface area contributed by atoms with Crippen LogP contribution in [0.5, 0.6) is 0 Å². The smallest absolute Gasteiger partial charge is 0.123 e. The van der Waals surface area contributed by atoms with Crippen LogP contribution in [0.2, 0.25) is 0 Å². The van der Waals surface area contributed by atoms with E-state index in [0.29, 0.717) is 11.5 Å². The molecule has 1 aliphatic rings. The third kappa shape index (κ3) is 4.31. The summed E-state index contributed by atoms with van der Waals surface area (Å²) in [6, 6.07) is 7.43. The summed E-state index contributed by atoms with van der Waals surface area (Å²) < 4.78 is 12.8. The molecule has 2 rings (SSSR count). The third-order valence-electron chi connectivity index (χ3n) is 4.46. The molecule has 0 bridgehead atoms. The quantitative estimate of drug-likeness (QED) is 0.845. The third-order valence-corrected chi connectivity index (χ3v) is 4.46. The number of halogens is 1. The van der Waals surface area contributed by atoms with Crippen LogP contribution in [0.25, 0.3) is 0 Å². The summed E-state index contributed by atoms with van der Waals surface area (Å²) in [6.07, 6.45) is 5.18. The van der Waals surface area contributed by atoms with Gasteiger partial charge in [-0.15, -0.1) is 0 Å². The predicted molar refractivity (Wildman–Crippen MR) is 78.4 cm³/mol. The molecule has 1 saturated carbocycles. The van der Waals surface area contributed by atoms with Crippen LogP contribution in [0.15, 0.2) is 24.3 Å². The number of hydrogen-bond donors (Lipinski definition) is 1. The molecule has 0 aromatic heterocycles. The molecule has 0 spiro atoms. The molecule has 0 saturated heterocycles. The molecule has 0 amide bonds. The standard InChI is InChI=1S/C17H26FN/c1-17(2,3)14-6-10-16(11-7-14)19-12-13-4-8-15(18)9-5-13/h4-5,8-9,14,16,19H,6-7,10-12H2,1-3H3. The van der Waals surface area contributed by atoms with Gasteiger partial charge < -0.3 is 5.32 Å². The highest BCUT2D eigenvalue weighted by atomic mass is 19.1. The van der Waals surface area contributed by atoms with Crippen LogP contribution < -0.4 is 5.32 Å². The summed E-state index contributed by atoms with van der Waals surface area (Å²) in [7, 11) is 0. The van der Waals surface area contributed by atoms with E-state index in [2.05, 4.69) is 26.1 Å². The van der Waals surface area contributed by atoms with Gasteiger partial charge in [-0.3, -0.25) is 0 Å². The van der Waals surface area contributed by atoms with E-state index >= 15 is 0 Å². The van der Waals surface area contributed by atoms with Crippen LogP contribution in [-0.2, 0) is 6.54 Å². The molecule has 0 aliphatic heterocycles. The first-order valence-electron chi connectivity index (χ1n) is 7.43. The molecule has 0 heterocycles. The zero-order valence-corrected chi connectivity index (χ0v) is 12.4. The molecular formula is C17H26FN. The van der Waals surface area contributed by atoms with Crippen molar-refractivity contribution in [2.24, 2.45) is 11.3 Å². The molecule has 19 heavy (non-hydrogen) atoms. The molecule has 1 N–H and O–H groups in total. The average molecular weight is 263 g/mol. The van der Waals surface area contributed by atoms with Crippen LogP contribution in [0.4, 0.5) is 4.39 Å². The van der Waals surface area contributed by atoms with E-state index in [4.69, 9.17) is 0 Å². The van der Waals surface area contributed by atoms with Crippen molar-refractivity contribution in [2.75, 3.05) is 0 Å². The van der Waals surface area contributed by atoms with Crippen molar-refractivity contribution in [3.8, 4) is 0 Å². The van der Waals surface area contributed by atoms with Gasteiger partial charge in [0.1, 0.15) is 5.82 Å². The minimum atomic E-state index is -0.158. The molecule has 1 fully saturated rings. The normalized spacial score (nSPS) is 24.4. The molecule has 0 radical (unpaired) electrons. The monoisotopic (exact) mass is 263 g/mol. The Labute approximate surface area is 116 Å². The average Bonchev–Trinajstić information content (AvgIpc) is 2.37. The minimum absolute atomic E-state index is 0.158. The number of rotatable bonds is 3. The number of nitrogens with one attached hydrogen (secondary N) is 1. The van der Waals surface area contributed by atoms with Gasteiger partial charge in [0.15, 0.2) is 0 Å². The first kappa shape index (κ1) is 14.5. The van der Waals surface area contributed by atoms with E-state index in [1.165, 1.54) is 43.4 Å². The van der Waals surface area contributed by atoms with E-state index < -0.39 is 0 Å². The lowest BCUT2D eigenvalue weighted by Gasteiger charge is -2.37. The zero-order chi connectivity index (χ0) is 13.9. The van der Waals surface area contributed by atoms with Crippen molar-refractivity contribution in [2.45, 2.75) is 59.0 Å². The van der Waals surface area contributed by atoms with E-state index in [9.17, 15) is 4.39 Å². The highest BCUT2D eigenvalue weighted by Crippen LogP contribution is 2.37. The summed E-state index contributed by atoms with van der Waals surface area (Å²) in [5.74, 6) is 0.700. The zero-order valence-electron chi connectivity index (χ0n) is 12.4. The Bertz CT molecular complexity index is 383. The Morgan fingerprint density at radius 3 is 2.16 bits per heavy atom. The largest absolute Gasteiger partial charge is 0.310 e. The van der Waals surface area contributed by atoms with Crippen molar-refractivity contribution >= 4 is 0 Å². The molecule has 1 aromatic rings. The predicted octanol–water partition coefficient (Wildman–Crippen LogP) is 4.52. The molecular weight excluding hydrogens is 237 g/mol. The van der Waals surface area contributed by atoms with Crippen LogP contribution in [0.3, 0.4) is 0 Å². The second-order valence-electron chi connectivity index (χ2n) is 6.92. The lowest BCUT2D eigenvalue weighted by molar-refractivity contribution is 0.160. The Balaban J connectivity index is 1.75. The van der Waals surface area contributed by atoms with Gasteiger partial charge in [-0.1, -0.05) is 32.9 Å². The van der Waals surface area contributed by atoms with Gasteiger partial charge >= 0.3 is 0 Å². The Morgan fingerprint density at radius 2 is 1.63 bits per heavy atom. The highest BCUT2D eigenvalue weighted by Gasteiger charge is 2.29. The second-order valence-corrected chi connectivity index (χ2v) is 6.92. The van der Waals surface area contributed by atoms with Crippen molar-refractivity contribution in [3.05, 3.63) is 35.6 Å². The minimum Gasteiger partial charge on any atom is -0.310 e. The first-order chi connectivity index (χ1) is 8.95. The van der Waals surface area contributed by atoms with Crippen LogP contribution in [-0.4, -0.2) is 6.04 Å². The van der Waals surface area contributed by atoms with E-state index in [1.54, 1.807) is 0 Å². The maximum absolute atomic E-state index is 12.8. The molecule has 1 aromatic carbocycles. The molecule has 0 unspecified atom stereocenters. The molecule has 0 atom stereocenters. The maximum Gasteiger partial charge on any atom is 0.123 e. The molecule has 2 heteroatoms. The summed E-state index contributed by atoms with van der Waals surface area (Å²) in [5, 5.41) is 3.61. The van der Waals surface area contributed by atoms with Crippen LogP contribution in [0.1, 0.15) is 52.0 Å². The summed E-state index contributed by atoms with van der Waals surface area (Å²) in [5.41, 5.74) is 1.61. The summed E-state index contributed by atoms with van der Waals surface area (Å²) >= 11 is 0. The van der Waals surface area contributed by atoms with Crippen LogP contribution in [0, 0.1) is 17.2 Å². The fraction of sp³-hybridized carbons (Fsp3) is 0.647. The van der Waals surface area contributed by atoms with E-state index in [0.717, 1.165) is 12.5 Å². The van der Waals surface area contributed by atoms with Crippen molar-refractivity contribution in [1.82, 2.24) is 5.32 Å². The van der Waals surface area contributed by atoms with Crippen LogP contribution >= 0.6 is 0 Å². The van der Waals surface area contributed by atoms with Gasteiger partial charge in [0.05, 0.1) is 0 Å². The fourth-order valence-electron chi connectivity index (χ4n) is 3.03. The van der Waals surface area contributed by atoms with Crippen molar-refractivity contribution in [1.29, 1.82) is 0 Å². The number of benzene rings is 1. The fourth-order valence-corrected chi connectivity index (χ4v) is 3.03. The first-order valence-corrected chi connectivity index (χ1v) is 7.43. The molecule has 1 nitrogen and oxygen atoms in total. The van der Waals surface area contributed by atoms with E-state index in [1.807, 2.05) is 12.1 Å². The Hall–Kier alpha value is -0.890. The molecule has 1 aliphatic carbocycles. The van der Waals surface area contributed by atoms with Gasteiger partial charge in [0.25, 0.3) is 0 Å². The topological polar surface area (TPSA) is 12.0 Å². The SMILES string of the molecule is CC(C)(C)C1CCC(NCc2ccc(F)cc2)CC1. The van der Waals surface area contributed by atoms with E-state index in [-0.39, 0.29) is 5.82 Å². The van der Waals surface area contributed by atoms with Gasteiger partial charge in [0, 0.05) is 12.6 Å². The lowest BCUT2D eigenvalue weighted by atomic mass is 9.71. The van der Waals surface area contributed by atoms with Crippen molar-refractivity contribution < 1.29 is 4.39 Å². The van der Waals surface area contributed by atoms with Gasteiger partial charge in [-0.25, -0.2) is 4.39 Å². The highest BCUT2D eigenvalue weighted by molar-refractivity contribution is 5.15. The summed E-state index contributed by atoms with van der Waals surface area (Å²) in [6.45, 7) is 7.91. The number of hydrogen-bond acceptors (Lipinski definition) is 1. The maximum atomic E-state index is 12.8. The Morgan fingerprint density at radius 1 is 1.05 bits per heavy atom. The van der Waals surface area contributed by atoms with Gasteiger partial charge in [-0.2, -0.15) is 0 Å². The van der Waals surface area contributed by atoms with Gasteiger partial charge in [0.2, 0.25) is 0 Å². The second kappa shape index (κ2) is 6.04. The Kier molecular flexibility index (Phi) is 4.62. The lowest BCUT2D eigenvalue weighted by Crippen LogP contribution is -2.35. The van der Waals surface area contributed by atoms with Crippen molar-refractivity contribution in [3.63, 3.8) is 0 Å². The molecule has 106 valence electrons. The van der Waals surface area contributed by atoms with Gasteiger partial charge in [-0.05, 0) is 54.7 Å².